The second kappa shape index (κ2) is 6.95. The molecule has 4 heteroatoms. The molecule has 19 heavy (non-hydrogen) atoms. The highest BCUT2D eigenvalue weighted by Crippen LogP contribution is 2.14. The van der Waals surface area contributed by atoms with E-state index in [1.165, 1.54) is 5.56 Å². The van der Waals surface area contributed by atoms with Crippen molar-refractivity contribution in [2.75, 3.05) is 6.54 Å². The fourth-order valence-corrected chi connectivity index (χ4v) is 1.69. The molecule has 0 amide bonds. The quantitative estimate of drug-likeness (QED) is 0.777. The topological polar surface area (TPSA) is 47.3 Å². The first-order chi connectivity index (χ1) is 9.28. The maximum atomic E-state index is 5.63. The number of ether oxygens (including phenoxy) is 1. The average Bonchev–Trinajstić information content (AvgIpc) is 2.86. The molecule has 2 aromatic rings. The van der Waals surface area contributed by atoms with E-state index < -0.39 is 0 Å². The van der Waals surface area contributed by atoms with Crippen molar-refractivity contribution in [3.8, 4) is 5.75 Å². The van der Waals surface area contributed by atoms with Crippen LogP contribution in [-0.4, -0.2) is 11.7 Å². The number of benzene rings is 1. The summed E-state index contributed by atoms with van der Waals surface area (Å²) in [5.41, 5.74) is 2.13. The number of rotatable bonds is 7. The van der Waals surface area contributed by atoms with Crippen LogP contribution in [0.5, 0.6) is 5.75 Å². The van der Waals surface area contributed by atoms with Crippen LogP contribution in [0.4, 0.5) is 0 Å². The molecule has 0 unspecified atom stereocenters. The van der Waals surface area contributed by atoms with Gasteiger partial charge < -0.3 is 14.6 Å². The normalized spacial score (nSPS) is 10.6. The average molecular weight is 260 g/mol. The van der Waals surface area contributed by atoms with Crippen molar-refractivity contribution in [1.82, 2.24) is 10.5 Å². The van der Waals surface area contributed by atoms with E-state index in [4.69, 9.17) is 9.26 Å². The molecule has 4 nitrogen and oxygen atoms in total. The van der Waals surface area contributed by atoms with Gasteiger partial charge in [0.25, 0.3) is 0 Å². The van der Waals surface area contributed by atoms with Gasteiger partial charge in [0.1, 0.15) is 12.4 Å². The Morgan fingerprint density at radius 1 is 1.26 bits per heavy atom. The highest BCUT2D eigenvalue weighted by Gasteiger charge is 2.04. The van der Waals surface area contributed by atoms with E-state index in [2.05, 4.69) is 24.3 Å². The van der Waals surface area contributed by atoms with Crippen molar-refractivity contribution in [1.29, 1.82) is 0 Å². The van der Waals surface area contributed by atoms with Gasteiger partial charge in [0.15, 0.2) is 5.76 Å². The molecular weight excluding hydrogens is 240 g/mol. The smallest absolute Gasteiger partial charge is 0.174 e. The van der Waals surface area contributed by atoms with Crippen LogP contribution < -0.4 is 10.1 Å². The maximum Gasteiger partial charge on any atom is 0.174 e. The molecule has 1 aromatic carbocycles. The molecule has 0 fully saturated rings. The molecule has 0 aliphatic heterocycles. The van der Waals surface area contributed by atoms with Gasteiger partial charge in [-0.25, -0.2) is 0 Å². The number of aromatic nitrogens is 1. The zero-order chi connectivity index (χ0) is 13.5. The second-order valence-corrected chi connectivity index (χ2v) is 4.56. The third-order valence-electron chi connectivity index (χ3n) is 2.74. The van der Waals surface area contributed by atoms with Gasteiger partial charge >= 0.3 is 0 Å². The highest BCUT2D eigenvalue weighted by atomic mass is 16.5. The molecule has 0 atom stereocenters. The molecule has 1 aromatic heterocycles. The van der Waals surface area contributed by atoms with E-state index in [1.807, 2.05) is 30.3 Å². The van der Waals surface area contributed by atoms with Gasteiger partial charge in [-0.1, -0.05) is 29.8 Å². The van der Waals surface area contributed by atoms with Crippen molar-refractivity contribution >= 4 is 0 Å². The van der Waals surface area contributed by atoms with Crippen LogP contribution in [0.25, 0.3) is 0 Å². The molecule has 0 saturated heterocycles. The Balaban J connectivity index is 1.81. The Hall–Kier alpha value is -1.81. The molecule has 102 valence electrons. The van der Waals surface area contributed by atoms with Gasteiger partial charge in [0.2, 0.25) is 0 Å². The standard InChI is InChI=1S/C15H20N2O2/c1-3-8-16-10-13-9-15(19-17-13)11-18-14-6-4-12(2)5-7-14/h4-7,9,16H,3,8,10-11H2,1-2H3. The Kier molecular flexibility index (Phi) is 4.98. The summed E-state index contributed by atoms with van der Waals surface area (Å²) >= 11 is 0. The van der Waals surface area contributed by atoms with Crippen molar-refractivity contribution < 1.29 is 9.26 Å². The van der Waals surface area contributed by atoms with Crippen LogP contribution >= 0.6 is 0 Å². The lowest BCUT2D eigenvalue weighted by molar-refractivity contribution is 0.248. The second-order valence-electron chi connectivity index (χ2n) is 4.56. The van der Waals surface area contributed by atoms with Gasteiger partial charge in [0.05, 0.1) is 5.69 Å². The predicted molar refractivity (Wildman–Crippen MR) is 74.0 cm³/mol. The van der Waals surface area contributed by atoms with Crippen molar-refractivity contribution in [2.24, 2.45) is 0 Å². The van der Waals surface area contributed by atoms with E-state index in [9.17, 15) is 0 Å². The van der Waals surface area contributed by atoms with Gasteiger partial charge in [-0.2, -0.15) is 0 Å². The molecule has 0 bridgehead atoms. The molecule has 0 saturated carbocycles. The SMILES string of the molecule is CCCNCc1cc(COc2ccc(C)cc2)on1. The summed E-state index contributed by atoms with van der Waals surface area (Å²) in [6.07, 6.45) is 1.11. The summed E-state index contributed by atoms with van der Waals surface area (Å²) < 4.78 is 10.9. The van der Waals surface area contributed by atoms with Crippen LogP contribution in [0.1, 0.15) is 30.4 Å². The van der Waals surface area contributed by atoms with E-state index in [-0.39, 0.29) is 0 Å². The lowest BCUT2D eigenvalue weighted by Gasteiger charge is -2.03. The molecule has 2 rings (SSSR count). The molecule has 0 aliphatic carbocycles. The molecule has 0 spiro atoms. The van der Waals surface area contributed by atoms with E-state index >= 15 is 0 Å². The maximum absolute atomic E-state index is 5.63. The number of aryl methyl sites for hydroxylation is 1. The molecular formula is C15H20N2O2. The fourth-order valence-electron chi connectivity index (χ4n) is 1.69. The first kappa shape index (κ1) is 13.6. The largest absolute Gasteiger partial charge is 0.486 e. The number of hydrogen-bond acceptors (Lipinski definition) is 4. The first-order valence-electron chi connectivity index (χ1n) is 6.62. The van der Waals surface area contributed by atoms with E-state index in [0.717, 1.165) is 36.7 Å². The number of hydrogen-bond donors (Lipinski definition) is 1. The van der Waals surface area contributed by atoms with E-state index in [0.29, 0.717) is 6.61 Å². The van der Waals surface area contributed by atoms with Gasteiger partial charge in [-0.05, 0) is 32.0 Å². The summed E-state index contributed by atoms with van der Waals surface area (Å²) in [6.45, 7) is 6.32. The monoisotopic (exact) mass is 260 g/mol. The zero-order valence-corrected chi connectivity index (χ0v) is 11.5. The zero-order valence-electron chi connectivity index (χ0n) is 11.5. The lowest BCUT2D eigenvalue weighted by Crippen LogP contribution is -2.13. The molecule has 0 radical (unpaired) electrons. The van der Waals surface area contributed by atoms with Crippen LogP contribution in [0.2, 0.25) is 0 Å². The minimum atomic E-state index is 0.407. The Bertz CT molecular complexity index is 491. The Labute approximate surface area is 113 Å². The van der Waals surface area contributed by atoms with Crippen LogP contribution in [0, 0.1) is 6.92 Å². The summed E-state index contributed by atoms with van der Waals surface area (Å²) in [5.74, 6) is 1.58. The summed E-state index contributed by atoms with van der Waals surface area (Å²) in [7, 11) is 0. The van der Waals surface area contributed by atoms with Crippen LogP contribution in [-0.2, 0) is 13.2 Å². The van der Waals surface area contributed by atoms with E-state index in [1.54, 1.807) is 0 Å². The first-order valence-corrected chi connectivity index (χ1v) is 6.62. The third kappa shape index (κ3) is 4.41. The van der Waals surface area contributed by atoms with Crippen molar-refractivity contribution in [3.05, 3.63) is 47.3 Å². The fraction of sp³-hybridized carbons (Fsp3) is 0.400. The van der Waals surface area contributed by atoms with Crippen LogP contribution in [0.15, 0.2) is 34.9 Å². The highest BCUT2D eigenvalue weighted by molar-refractivity contribution is 5.26. The van der Waals surface area contributed by atoms with Crippen LogP contribution in [0.3, 0.4) is 0 Å². The Morgan fingerprint density at radius 3 is 2.79 bits per heavy atom. The van der Waals surface area contributed by atoms with Gasteiger partial charge in [-0.3, -0.25) is 0 Å². The number of nitrogens with zero attached hydrogens (tertiary/aromatic N) is 1. The Morgan fingerprint density at radius 2 is 2.05 bits per heavy atom. The lowest BCUT2D eigenvalue weighted by atomic mass is 10.2. The predicted octanol–water partition coefficient (Wildman–Crippen LogP) is 3.06. The number of nitrogens with one attached hydrogen (secondary N) is 1. The van der Waals surface area contributed by atoms with Gasteiger partial charge in [0, 0.05) is 12.6 Å². The summed E-state index contributed by atoms with van der Waals surface area (Å²) in [6, 6.07) is 9.88. The molecule has 0 aliphatic rings. The van der Waals surface area contributed by atoms with Crippen molar-refractivity contribution in [3.63, 3.8) is 0 Å². The van der Waals surface area contributed by atoms with Crippen molar-refractivity contribution in [2.45, 2.75) is 33.4 Å². The minimum Gasteiger partial charge on any atom is -0.486 e. The third-order valence-corrected chi connectivity index (χ3v) is 2.74. The summed E-state index contributed by atoms with van der Waals surface area (Å²) in [5, 5.41) is 7.28. The molecule has 1 N–H and O–H groups in total. The van der Waals surface area contributed by atoms with Gasteiger partial charge in [-0.15, -0.1) is 0 Å². The minimum absolute atomic E-state index is 0.407. The summed E-state index contributed by atoms with van der Waals surface area (Å²) in [4.78, 5) is 0. The molecule has 1 heterocycles.